The molecule has 2 amide bonds. The lowest BCUT2D eigenvalue weighted by Crippen LogP contribution is -2.52. The number of amides is 2. The topological polar surface area (TPSA) is 152 Å². The van der Waals surface area contributed by atoms with Gasteiger partial charge in [0.25, 0.3) is 5.91 Å². The van der Waals surface area contributed by atoms with E-state index in [1.54, 1.807) is 27.7 Å². The first-order valence-electron chi connectivity index (χ1n) is 20.9. The van der Waals surface area contributed by atoms with E-state index in [1.165, 1.54) is 5.19 Å². The Kier molecular flexibility index (Phi) is 12.7. The lowest BCUT2D eigenvalue weighted by atomic mass is 9.82. The Morgan fingerprint density at radius 1 is 1.03 bits per heavy atom. The first-order chi connectivity index (χ1) is 28.5. The highest BCUT2D eigenvalue weighted by Crippen LogP contribution is 2.60. The summed E-state index contributed by atoms with van der Waals surface area (Å²) in [5.41, 5.74) is 3.24. The molecule has 1 fully saturated rings. The molecule has 1 aromatic heterocycles. The van der Waals surface area contributed by atoms with Gasteiger partial charge >= 0.3 is 0 Å². The van der Waals surface area contributed by atoms with E-state index < -0.39 is 19.7 Å². The number of fused-ring (bicyclic) bond motifs is 3. The summed E-state index contributed by atoms with van der Waals surface area (Å²) in [4.78, 5) is 33.4. The van der Waals surface area contributed by atoms with Crippen LogP contribution in [0, 0.1) is 5.92 Å². The van der Waals surface area contributed by atoms with E-state index in [0.29, 0.717) is 63.3 Å². The molecule has 7 rings (SSSR count). The molecular formula is C45H58N6O7Si. The number of aliphatic hydroxyl groups excluding tert-OH is 2. The first kappa shape index (κ1) is 42.3. The van der Waals surface area contributed by atoms with Gasteiger partial charge in [-0.2, -0.15) is 0 Å². The van der Waals surface area contributed by atoms with Gasteiger partial charge in [0.1, 0.15) is 11.5 Å². The predicted octanol–water partition coefficient (Wildman–Crippen LogP) is 5.01. The summed E-state index contributed by atoms with van der Waals surface area (Å²) in [7, 11) is -0.770. The van der Waals surface area contributed by atoms with Gasteiger partial charge in [-0.1, -0.05) is 48.6 Å². The minimum atomic E-state index is -2.43. The minimum Gasteiger partial charge on any atom is -0.497 e. The number of hydrogen-bond acceptors (Lipinski definition) is 10. The highest BCUT2D eigenvalue weighted by Gasteiger charge is 2.66. The van der Waals surface area contributed by atoms with Gasteiger partial charge < -0.3 is 34.6 Å². The molecule has 314 valence electrons. The van der Waals surface area contributed by atoms with Crippen molar-refractivity contribution < 1.29 is 34.0 Å². The molecule has 0 bridgehead atoms. The number of carbonyl (C=O) groups excluding carboxylic acids is 2. The van der Waals surface area contributed by atoms with Gasteiger partial charge in [-0.05, 0) is 98.8 Å². The summed E-state index contributed by atoms with van der Waals surface area (Å²) in [6.07, 6.45) is 6.15. The Morgan fingerprint density at radius 3 is 2.51 bits per heavy atom. The molecule has 4 heterocycles. The van der Waals surface area contributed by atoms with Crippen LogP contribution in [0.25, 0.3) is 0 Å². The van der Waals surface area contributed by atoms with Gasteiger partial charge in [0, 0.05) is 56.1 Å². The Morgan fingerprint density at radius 2 is 1.80 bits per heavy atom. The van der Waals surface area contributed by atoms with E-state index >= 15 is 4.79 Å². The first-order valence-corrected chi connectivity index (χ1v) is 23.9. The number of aryl methyl sites for hydroxylation is 1. The number of benzene rings is 3. The second-order valence-corrected chi connectivity index (χ2v) is 21.0. The molecule has 3 N–H and O–H groups in total. The van der Waals surface area contributed by atoms with Crippen molar-refractivity contribution in [2.75, 3.05) is 49.8 Å². The van der Waals surface area contributed by atoms with Crippen LogP contribution in [0.2, 0.25) is 18.6 Å². The number of unbranched alkanes of at least 4 members (excludes halogenated alkanes) is 1. The standard InChI is InChI=1S/C45H58N6O7Si/c1-7-22-50-40-17-11-33(51-39-18-14-35(57-8-2)26-31(39)27-38(43(51)54)46-21-9-10-24-52)28-37(40)45(44(50)55)30(3)42(59(5,6)36-15-12-34(56-4)13-16-36)41(58-45)19-23-49-29-32(20-25-53)47-48-49/h7,11-18,26,28-30,38,41-42,46,52-53H,1,8-10,19-25,27H2,2-6H3/t30-,38?,41+,42-,45+/m1/s1. The third kappa shape index (κ3) is 7.84. The highest BCUT2D eigenvalue weighted by atomic mass is 28.3. The SMILES string of the molecule is C=CCN1C(=O)[C@@]2(O[C@@H](CCn3cc(CCO)nn3)[C@H]([Si](C)(C)c3ccc(OC)cc3)[C@H]2C)c2cc(N3C(=O)C(NCCCCO)Cc4cc(OCC)ccc43)ccc21. The monoisotopic (exact) mass is 822 g/mol. The zero-order valence-electron chi connectivity index (χ0n) is 34.9. The second-order valence-electron chi connectivity index (χ2n) is 16.3. The molecule has 5 atom stereocenters. The van der Waals surface area contributed by atoms with E-state index in [-0.39, 0.29) is 42.6 Å². The molecule has 1 unspecified atom stereocenters. The average Bonchev–Trinajstić information content (AvgIpc) is 3.88. The van der Waals surface area contributed by atoms with Crippen LogP contribution < -0.4 is 29.8 Å². The van der Waals surface area contributed by atoms with Crippen molar-refractivity contribution in [1.82, 2.24) is 20.3 Å². The summed E-state index contributed by atoms with van der Waals surface area (Å²) in [5, 5.41) is 32.2. The minimum absolute atomic E-state index is 0.0103. The Bertz CT molecular complexity index is 2140. The molecule has 3 aliphatic heterocycles. The quantitative estimate of drug-likeness (QED) is 0.0710. The number of ether oxygens (including phenoxy) is 3. The van der Waals surface area contributed by atoms with E-state index in [1.807, 2.05) is 61.7 Å². The van der Waals surface area contributed by atoms with Crippen molar-refractivity contribution in [2.45, 2.75) is 88.9 Å². The van der Waals surface area contributed by atoms with Crippen molar-refractivity contribution in [2.24, 2.45) is 5.92 Å². The van der Waals surface area contributed by atoms with Gasteiger partial charge in [-0.15, -0.1) is 11.7 Å². The van der Waals surface area contributed by atoms with Crippen molar-refractivity contribution in [1.29, 1.82) is 0 Å². The maximum Gasteiger partial charge on any atom is 0.264 e. The summed E-state index contributed by atoms with van der Waals surface area (Å²) in [5.74, 6) is 1.04. The molecule has 0 saturated carbocycles. The number of nitrogens with zero attached hydrogens (tertiary/aromatic N) is 5. The van der Waals surface area contributed by atoms with Crippen LogP contribution in [-0.2, 0) is 39.3 Å². The fourth-order valence-corrected chi connectivity index (χ4v) is 13.7. The van der Waals surface area contributed by atoms with Crippen molar-refractivity contribution in [3.8, 4) is 11.5 Å². The normalized spacial score (nSPS) is 22.6. The van der Waals surface area contributed by atoms with Crippen molar-refractivity contribution in [3.05, 3.63) is 96.3 Å². The number of aromatic nitrogens is 3. The van der Waals surface area contributed by atoms with Gasteiger partial charge in [0.15, 0.2) is 5.60 Å². The van der Waals surface area contributed by atoms with E-state index in [0.717, 1.165) is 40.4 Å². The van der Waals surface area contributed by atoms with Crippen LogP contribution in [0.5, 0.6) is 11.5 Å². The molecule has 0 radical (unpaired) electrons. The summed E-state index contributed by atoms with van der Waals surface area (Å²) in [6, 6.07) is 19.5. The van der Waals surface area contributed by atoms with Gasteiger partial charge in [0.2, 0.25) is 5.91 Å². The fraction of sp³-hybridized carbons (Fsp3) is 0.467. The van der Waals surface area contributed by atoms with Crippen LogP contribution in [0.4, 0.5) is 17.1 Å². The van der Waals surface area contributed by atoms with E-state index in [4.69, 9.17) is 14.2 Å². The fourth-order valence-electron chi connectivity index (χ4n) is 9.68. The Balaban J connectivity index is 1.33. The lowest BCUT2D eigenvalue weighted by molar-refractivity contribution is -0.145. The molecule has 3 aromatic carbocycles. The number of anilines is 3. The molecule has 13 nitrogen and oxygen atoms in total. The number of hydrogen-bond donors (Lipinski definition) is 3. The van der Waals surface area contributed by atoms with E-state index in [9.17, 15) is 15.0 Å². The molecular weight excluding hydrogens is 765 g/mol. The molecule has 0 aliphatic carbocycles. The lowest BCUT2D eigenvalue weighted by Gasteiger charge is -2.37. The van der Waals surface area contributed by atoms with Crippen LogP contribution in [0.15, 0.2) is 79.5 Å². The zero-order valence-corrected chi connectivity index (χ0v) is 35.9. The predicted molar refractivity (Wildman–Crippen MR) is 231 cm³/mol. The number of carbonyl (C=O) groups is 2. The summed E-state index contributed by atoms with van der Waals surface area (Å²) < 4.78 is 20.6. The van der Waals surface area contributed by atoms with E-state index in [2.05, 4.69) is 54.4 Å². The van der Waals surface area contributed by atoms with Crippen LogP contribution in [-0.4, -0.2) is 97.3 Å². The van der Waals surface area contributed by atoms with Crippen LogP contribution in [0.1, 0.15) is 49.9 Å². The largest absolute Gasteiger partial charge is 0.497 e. The second kappa shape index (κ2) is 17.8. The third-order valence-corrected chi connectivity index (χ3v) is 16.9. The van der Waals surface area contributed by atoms with Gasteiger partial charge in [0.05, 0.1) is 51.0 Å². The number of nitrogens with one attached hydrogen (secondary N) is 1. The molecule has 1 saturated heterocycles. The smallest absolute Gasteiger partial charge is 0.264 e. The number of rotatable bonds is 18. The molecule has 14 heteroatoms. The van der Waals surface area contributed by atoms with Gasteiger partial charge in [-0.3, -0.25) is 19.2 Å². The Hall–Kier alpha value is -4.86. The van der Waals surface area contributed by atoms with Crippen molar-refractivity contribution in [3.63, 3.8) is 0 Å². The van der Waals surface area contributed by atoms with Crippen molar-refractivity contribution >= 4 is 42.1 Å². The molecule has 59 heavy (non-hydrogen) atoms. The zero-order chi connectivity index (χ0) is 41.9. The number of aliphatic hydroxyl groups is 2. The molecule has 4 aromatic rings. The summed E-state index contributed by atoms with van der Waals surface area (Å²) in [6.45, 7) is 14.8. The summed E-state index contributed by atoms with van der Waals surface area (Å²) >= 11 is 0. The van der Waals surface area contributed by atoms with Crippen LogP contribution in [0.3, 0.4) is 0 Å². The van der Waals surface area contributed by atoms with Gasteiger partial charge in [-0.25, -0.2) is 0 Å². The highest BCUT2D eigenvalue weighted by molar-refractivity contribution is 6.91. The average molecular weight is 823 g/mol. The molecule has 3 aliphatic rings. The Labute approximate surface area is 348 Å². The third-order valence-electron chi connectivity index (χ3n) is 12.5. The number of methoxy groups -OCH3 is 1. The maximum atomic E-state index is 15.2. The van der Waals surface area contributed by atoms with Crippen LogP contribution >= 0.6 is 0 Å². The maximum absolute atomic E-state index is 15.2. The molecule has 1 spiro atoms.